The number of ether oxygens (including phenoxy) is 1. The third-order valence-electron chi connectivity index (χ3n) is 4.28. The first-order valence-electron chi connectivity index (χ1n) is 9.99. The predicted molar refractivity (Wildman–Crippen MR) is 131 cm³/mol. The van der Waals surface area contributed by atoms with Crippen molar-refractivity contribution >= 4 is 35.8 Å². The summed E-state index contributed by atoms with van der Waals surface area (Å²) in [6, 6.07) is 9.17. The molecule has 30 heavy (non-hydrogen) atoms. The maximum atomic E-state index is 12.2. The molecule has 0 bridgehead atoms. The Balaban J connectivity index is 0.00000450. The van der Waals surface area contributed by atoms with Gasteiger partial charge in [0.15, 0.2) is 5.96 Å². The van der Waals surface area contributed by atoms with Crippen LogP contribution in [0.3, 0.4) is 0 Å². The molecule has 0 aliphatic carbocycles. The average molecular weight is 528 g/mol. The average Bonchev–Trinajstić information content (AvgIpc) is 3.05. The van der Waals surface area contributed by atoms with Crippen molar-refractivity contribution in [1.82, 2.24) is 25.7 Å². The molecular weight excluding hydrogens is 495 g/mol. The molecule has 0 fully saturated rings. The van der Waals surface area contributed by atoms with Crippen LogP contribution in [0.2, 0.25) is 0 Å². The number of hydrogen-bond donors (Lipinski definition) is 3. The van der Waals surface area contributed by atoms with Crippen molar-refractivity contribution in [3.05, 3.63) is 47.3 Å². The van der Waals surface area contributed by atoms with E-state index in [-0.39, 0.29) is 29.9 Å². The fourth-order valence-electron chi connectivity index (χ4n) is 2.88. The quantitative estimate of drug-likeness (QED) is 0.191. The highest BCUT2D eigenvalue weighted by Crippen LogP contribution is 2.12. The fourth-order valence-corrected chi connectivity index (χ4v) is 2.88. The molecule has 1 amide bonds. The number of aromatic nitrogens is 2. The zero-order valence-electron chi connectivity index (χ0n) is 18.2. The van der Waals surface area contributed by atoms with Crippen LogP contribution < -0.4 is 20.7 Å². The number of nitrogens with zero attached hydrogens (tertiary/aromatic N) is 3. The van der Waals surface area contributed by atoms with E-state index in [4.69, 9.17) is 4.74 Å². The van der Waals surface area contributed by atoms with E-state index in [9.17, 15) is 4.79 Å². The zero-order valence-corrected chi connectivity index (χ0v) is 20.5. The second-order valence-corrected chi connectivity index (χ2v) is 6.68. The molecule has 0 aliphatic rings. The number of hydrogen-bond acceptors (Lipinski definition) is 4. The molecule has 0 atom stereocenters. The largest absolute Gasteiger partial charge is 0.497 e. The highest BCUT2D eigenvalue weighted by molar-refractivity contribution is 14.0. The topological polar surface area (TPSA) is 92.6 Å². The van der Waals surface area contributed by atoms with E-state index in [1.54, 1.807) is 25.3 Å². The first-order valence-corrected chi connectivity index (χ1v) is 9.99. The van der Waals surface area contributed by atoms with Crippen molar-refractivity contribution in [3.63, 3.8) is 0 Å². The Morgan fingerprint density at radius 3 is 2.60 bits per heavy atom. The third-order valence-corrected chi connectivity index (χ3v) is 4.28. The Kier molecular flexibility index (Phi) is 11.9. The van der Waals surface area contributed by atoms with Gasteiger partial charge in [0.05, 0.1) is 12.8 Å². The molecule has 166 valence electrons. The van der Waals surface area contributed by atoms with Gasteiger partial charge >= 0.3 is 0 Å². The van der Waals surface area contributed by atoms with Crippen molar-refractivity contribution in [1.29, 1.82) is 0 Å². The normalized spacial score (nSPS) is 10.9. The number of aryl methyl sites for hydroxylation is 3. The zero-order chi connectivity index (χ0) is 21.1. The Morgan fingerprint density at radius 2 is 1.93 bits per heavy atom. The molecule has 2 rings (SSSR count). The van der Waals surface area contributed by atoms with Crippen molar-refractivity contribution in [3.8, 4) is 5.75 Å². The van der Waals surface area contributed by atoms with Crippen molar-refractivity contribution in [2.45, 2.75) is 33.7 Å². The molecule has 9 heteroatoms. The molecule has 1 aromatic carbocycles. The molecular formula is C21H33IN6O2. The highest BCUT2D eigenvalue weighted by Gasteiger charge is 2.06. The van der Waals surface area contributed by atoms with Crippen molar-refractivity contribution in [2.24, 2.45) is 4.99 Å². The number of aliphatic imine (C=N–C) groups is 1. The molecule has 1 heterocycles. The molecule has 0 saturated carbocycles. The van der Waals surface area contributed by atoms with Crippen LogP contribution in [-0.4, -0.2) is 54.9 Å². The summed E-state index contributed by atoms with van der Waals surface area (Å²) < 4.78 is 7.16. The van der Waals surface area contributed by atoms with Gasteiger partial charge in [0.25, 0.3) is 5.91 Å². The molecule has 0 aliphatic heterocycles. The molecule has 8 nitrogen and oxygen atoms in total. The number of halogens is 1. The molecule has 2 aromatic rings. The van der Waals surface area contributed by atoms with Gasteiger partial charge in [0, 0.05) is 44.0 Å². The van der Waals surface area contributed by atoms with Gasteiger partial charge < -0.3 is 20.7 Å². The summed E-state index contributed by atoms with van der Waals surface area (Å²) >= 11 is 0. The predicted octanol–water partition coefficient (Wildman–Crippen LogP) is 2.50. The van der Waals surface area contributed by atoms with E-state index in [2.05, 4.69) is 39.0 Å². The van der Waals surface area contributed by atoms with Crippen LogP contribution in [0.4, 0.5) is 0 Å². The van der Waals surface area contributed by atoms with Gasteiger partial charge in [-0.15, -0.1) is 24.0 Å². The van der Waals surface area contributed by atoms with E-state index < -0.39 is 0 Å². The number of carbonyl (C=O) groups is 1. The summed E-state index contributed by atoms with van der Waals surface area (Å²) in [5.74, 6) is 1.28. The van der Waals surface area contributed by atoms with E-state index >= 15 is 0 Å². The lowest BCUT2D eigenvalue weighted by atomic mass is 10.2. The monoisotopic (exact) mass is 528 g/mol. The highest BCUT2D eigenvalue weighted by atomic mass is 127. The lowest BCUT2D eigenvalue weighted by Crippen LogP contribution is -2.41. The summed E-state index contributed by atoms with van der Waals surface area (Å²) in [5.41, 5.74) is 2.79. The van der Waals surface area contributed by atoms with Crippen molar-refractivity contribution < 1.29 is 9.53 Å². The van der Waals surface area contributed by atoms with E-state index in [0.29, 0.717) is 30.9 Å². The minimum absolute atomic E-state index is 0. The number of rotatable bonds is 10. The number of carbonyl (C=O) groups excluding carboxylic acids is 1. The van der Waals surface area contributed by atoms with Crippen molar-refractivity contribution in [2.75, 3.05) is 33.3 Å². The number of nitrogens with one attached hydrogen (secondary N) is 3. The number of amides is 1. The maximum Gasteiger partial charge on any atom is 0.251 e. The van der Waals surface area contributed by atoms with Crippen LogP contribution >= 0.6 is 24.0 Å². The van der Waals surface area contributed by atoms with Crippen LogP contribution in [0.15, 0.2) is 35.3 Å². The van der Waals surface area contributed by atoms with Crippen LogP contribution in [0, 0.1) is 13.8 Å². The third kappa shape index (κ3) is 8.60. The SMILES string of the molecule is CCNC(=NCCCn1nc(C)cc1C)NCCNC(=O)c1cccc(OC)c1.I. The molecule has 1 aromatic heterocycles. The van der Waals surface area contributed by atoms with E-state index in [0.717, 1.165) is 31.2 Å². The smallest absolute Gasteiger partial charge is 0.251 e. The standard InChI is InChI=1S/C21H32N6O2.HI/c1-5-22-21(24-10-7-13-27-17(3)14-16(2)26-27)25-12-11-23-20(28)18-8-6-9-19(15-18)29-4;/h6,8-9,14-15H,5,7,10-13H2,1-4H3,(H,23,28)(H2,22,24,25);1H. The Bertz CT molecular complexity index is 822. The lowest BCUT2D eigenvalue weighted by molar-refractivity contribution is 0.0954. The van der Waals surface area contributed by atoms with Crippen LogP contribution in [0.25, 0.3) is 0 Å². The maximum absolute atomic E-state index is 12.2. The minimum Gasteiger partial charge on any atom is -0.497 e. The van der Waals surface area contributed by atoms with Gasteiger partial charge in [0.2, 0.25) is 0 Å². The minimum atomic E-state index is -0.127. The second kappa shape index (κ2) is 13.8. The van der Waals surface area contributed by atoms with E-state index in [1.165, 1.54) is 5.69 Å². The molecule has 0 radical (unpaired) electrons. The fraction of sp³-hybridized carbons (Fsp3) is 0.476. The Hall–Kier alpha value is -2.30. The van der Waals surface area contributed by atoms with Crippen LogP contribution in [-0.2, 0) is 6.54 Å². The Morgan fingerprint density at radius 1 is 1.17 bits per heavy atom. The second-order valence-electron chi connectivity index (χ2n) is 6.68. The molecule has 0 saturated heterocycles. The molecule has 3 N–H and O–H groups in total. The molecule has 0 spiro atoms. The first kappa shape index (κ1) is 25.7. The van der Waals surface area contributed by atoms with Crippen LogP contribution in [0.1, 0.15) is 35.1 Å². The summed E-state index contributed by atoms with van der Waals surface area (Å²) in [6.45, 7) is 9.49. The van der Waals surface area contributed by atoms with Gasteiger partial charge in [-0.05, 0) is 51.5 Å². The van der Waals surface area contributed by atoms with E-state index in [1.807, 2.05) is 24.6 Å². The number of benzene rings is 1. The van der Waals surface area contributed by atoms with Gasteiger partial charge in [0.1, 0.15) is 5.75 Å². The number of guanidine groups is 1. The lowest BCUT2D eigenvalue weighted by Gasteiger charge is -2.12. The number of methoxy groups -OCH3 is 1. The summed E-state index contributed by atoms with van der Waals surface area (Å²) in [5, 5.41) is 13.8. The summed E-state index contributed by atoms with van der Waals surface area (Å²) in [4.78, 5) is 16.8. The van der Waals surface area contributed by atoms with Gasteiger partial charge in [-0.2, -0.15) is 5.10 Å². The van der Waals surface area contributed by atoms with Gasteiger partial charge in [-0.1, -0.05) is 6.07 Å². The summed E-state index contributed by atoms with van der Waals surface area (Å²) in [7, 11) is 1.58. The Labute approximate surface area is 195 Å². The summed E-state index contributed by atoms with van der Waals surface area (Å²) in [6.07, 6.45) is 0.908. The van der Waals surface area contributed by atoms with Gasteiger partial charge in [-0.25, -0.2) is 0 Å². The first-order chi connectivity index (χ1) is 14.0. The van der Waals surface area contributed by atoms with Crippen LogP contribution in [0.5, 0.6) is 5.75 Å². The molecule has 0 unspecified atom stereocenters. The van der Waals surface area contributed by atoms with Gasteiger partial charge in [-0.3, -0.25) is 14.5 Å².